The highest BCUT2D eigenvalue weighted by molar-refractivity contribution is 6.42. The maximum Gasteiger partial charge on any atom is 0.0953 e. The Bertz CT molecular complexity index is 753. The Hall–Kier alpha value is -2.39. The molecule has 0 saturated heterocycles. The van der Waals surface area contributed by atoms with Gasteiger partial charge in [-0.3, -0.25) is 0 Å². The molecule has 0 fully saturated rings. The monoisotopic (exact) mass is 346 g/mol. The zero-order chi connectivity index (χ0) is 17.5. The van der Waals surface area contributed by atoms with Crippen molar-refractivity contribution in [1.29, 1.82) is 0 Å². The molecule has 0 N–H and O–H groups in total. The summed E-state index contributed by atoms with van der Waals surface area (Å²) in [7, 11) is -0.553. The summed E-state index contributed by atoms with van der Waals surface area (Å²) < 4.78 is 2.32. The highest BCUT2D eigenvalue weighted by Crippen LogP contribution is 2.34. The fraction of sp³-hybridized carbons (Fsp3) is 0.227. The Balaban J connectivity index is 2.14. The third kappa shape index (κ3) is 3.66. The lowest BCUT2D eigenvalue weighted by atomic mass is 9.97. The Kier molecular flexibility index (Phi) is 5.66. The average Bonchev–Trinajstić information content (AvgIpc) is 3.21. The van der Waals surface area contributed by atoms with E-state index in [1.807, 2.05) is 12.5 Å². The minimum absolute atomic E-state index is 0.108. The summed E-state index contributed by atoms with van der Waals surface area (Å²) in [4.78, 5) is 4.37. The van der Waals surface area contributed by atoms with E-state index in [4.69, 9.17) is 0 Å². The third-order valence-electron chi connectivity index (χ3n) is 5.00. The number of allylic oxidation sites excluding steroid dienone is 2. The zero-order valence-corrected chi connectivity index (χ0v) is 16.5. The van der Waals surface area contributed by atoms with Crippen LogP contribution >= 0.6 is 0 Å². The van der Waals surface area contributed by atoms with Crippen LogP contribution < -0.4 is 0 Å². The molecule has 3 heteroatoms. The molecule has 1 heterocycles. The van der Waals surface area contributed by atoms with Crippen LogP contribution in [-0.4, -0.2) is 19.1 Å². The van der Waals surface area contributed by atoms with Crippen molar-refractivity contribution >= 4 is 9.52 Å². The van der Waals surface area contributed by atoms with Crippen LogP contribution in [0.25, 0.3) is 0 Å². The Morgan fingerprint density at radius 2 is 1.64 bits per heavy atom. The first-order chi connectivity index (χ1) is 12.3. The molecule has 0 amide bonds. The molecule has 2 nitrogen and oxygen atoms in total. The van der Waals surface area contributed by atoms with Crippen LogP contribution in [0.3, 0.4) is 0 Å². The lowest BCUT2D eigenvalue weighted by Crippen LogP contribution is -2.41. The molecule has 0 unspecified atom stereocenters. The van der Waals surface area contributed by atoms with E-state index in [2.05, 4.69) is 96.3 Å². The van der Waals surface area contributed by atoms with Gasteiger partial charge in [-0.1, -0.05) is 79.2 Å². The van der Waals surface area contributed by atoms with E-state index in [1.165, 1.54) is 22.7 Å². The van der Waals surface area contributed by atoms with Gasteiger partial charge in [-0.25, -0.2) is 4.98 Å². The van der Waals surface area contributed by atoms with Gasteiger partial charge in [-0.05, 0) is 30.5 Å². The van der Waals surface area contributed by atoms with Crippen LogP contribution in [-0.2, 0) is 5.16 Å². The molecule has 0 bridgehead atoms. The maximum absolute atomic E-state index is 4.37. The summed E-state index contributed by atoms with van der Waals surface area (Å²) in [5, 5.41) is -0.108. The third-order valence-corrected chi connectivity index (χ3v) is 7.49. The average molecular weight is 347 g/mol. The zero-order valence-electron chi connectivity index (χ0n) is 15.1. The van der Waals surface area contributed by atoms with E-state index in [-0.39, 0.29) is 5.16 Å². The van der Waals surface area contributed by atoms with Crippen LogP contribution in [0.1, 0.15) is 31.4 Å². The van der Waals surface area contributed by atoms with Gasteiger partial charge >= 0.3 is 0 Å². The fourth-order valence-corrected chi connectivity index (χ4v) is 6.02. The molecular weight excluding hydrogens is 320 g/mol. The SMILES string of the molecule is CCC(C)=CC[SiH2]C(c1ccccc1)(c1ccccc1)n1ccnc1. The summed E-state index contributed by atoms with van der Waals surface area (Å²) in [5.41, 5.74) is 4.19. The van der Waals surface area contributed by atoms with Gasteiger partial charge in [-0.15, -0.1) is 0 Å². The molecule has 1 aromatic heterocycles. The molecule has 2 aromatic carbocycles. The van der Waals surface area contributed by atoms with Gasteiger partial charge < -0.3 is 4.57 Å². The van der Waals surface area contributed by atoms with E-state index in [0.29, 0.717) is 0 Å². The summed E-state index contributed by atoms with van der Waals surface area (Å²) in [6, 6.07) is 23.0. The van der Waals surface area contributed by atoms with Crippen LogP contribution in [0.5, 0.6) is 0 Å². The molecule has 0 spiro atoms. The van der Waals surface area contributed by atoms with Gasteiger partial charge in [0.25, 0.3) is 0 Å². The van der Waals surface area contributed by atoms with Gasteiger partial charge in [0.1, 0.15) is 0 Å². The standard InChI is InChI=1S/C22H26N2Si/c1-3-19(2)14-17-25-22(24-16-15-23-18-24,20-10-6-4-7-11-20)21-12-8-5-9-13-21/h4-16,18H,3,17,25H2,1-2H3. The van der Waals surface area contributed by atoms with Gasteiger partial charge in [0.05, 0.1) is 21.0 Å². The van der Waals surface area contributed by atoms with E-state index in [1.54, 1.807) is 0 Å². The first-order valence-electron chi connectivity index (χ1n) is 9.02. The number of aromatic nitrogens is 2. The van der Waals surface area contributed by atoms with E-state index in [0.717, 1.165) is 6.42 Å². The molecule has 0 aliphatic heterocycles. The lowest BCUT2D eigenvalue weighted by Gasteiger charge is -2.36. The minimum atomic E-state index is -0.553. The smallest absolute Gasteiger partial charge is 0.0953 e. The highest BCUT2D eigenvalue weighted by Gasteiger charge is 2.35. The number of rotatable bonds is 7. The summed E-state index contributed by atoms with van der Waals surface area (Å²) in [6.45, 7) is 4.46. The van der Waals surface area contributed by atoms with Crippen molar-refractivity contribution in [3.8, 4) is 0 Å². The van der Waals surface area contributed by atoms with E-state index >= 15 is 0 Å². The number of imidazole rings is 1. The molecule has 3 aromatic rings. The normalized spacial score (nSPS) is 12.8. The number of nitrogens with zero attached hydrogens (tertiary/aromatic N) is 2. The van der Waals surface area contributed by atoms with Gasteiger partial charge in [0.15, 0.2) is 0 Å². The van der Waals surface area contributed by atoms with Crippen LogP contribution in [0.4, 0.5) is 0 Å². The topological polar surface area (TPSA) is 17.8 Å². The molecule has 0 saturated carbocycles. The largest absolute Gasteiger partial charge is 0.327 e. The second-order valence-corrected chi connectivity index (χ2v) is 8.61. The van der Waals surface area contributed by atoms with Gasteiger partial charge in [0.2, 0.25) is 0 Å². The summed E-state index contributed by atoms with van der Waals surface area (Å²) >= 11 is 0. The first kappa shape index (κ1) is 17.4. The van der Waals surface area contributed by atoms with Crippen molar-refractivity contribution < 1.29 is 0 Å². The molecular formula is C22H26N2Si. The van der Waals surface area contributed by atoms with Crippen LogP contribution in [0.15, 0.2) is 91.0 Å². The van der Waals surface area contributed by atoms with Crippen molar-refractivity contribution in [2.45, 2.75) is 31.5 Å². The van der Waals surface area contributed by atoms with Crippen molar-refractivity contribution in [3.63, 3.8) is 0 Å². The van der Waals surface area contributed by atoms with Crippen molar-refractivity contribution in [3.05, 3.63) is 102 Å². The lowest BCUT2D eigenvalue weighted by molar-refractivity contribution is 0.592. The summed E-state index contributed by atoms with van der Waals surface area (Å²) in [5.74, 6) is 0. The molecule has 3 rings (SSSR count). The minimum Gasteiger partial charge on any atom is -0.327 e. The molecule has 0 aliphatic rings. The second-order valence-electron chi connectivity index (χ2n) is 6.50. The molecule has 25 heavy (non-hydrogen) atoms. The second kappa shape index (κ2) is 8.12. The quantitative estimate of drug-likeness (QED) is 0.452. The Labute approximate surface area is 153 Å². The van der Waals surface area contributed by atoms with Gasteiger partial charge in [0, 0.05) is 12.4 Å². The predicted octanol–water partition coefficient (Wildman–Crippen LogP) is 4.58. The molecule has 0 atom stereocenters. The molecule has 0 radical (unpaired) electrons. The highest BCUT2D eigenvalue weighted by atomic mass is 28.2. The van der Waals surface area contributed by atoms with Gasteiger partial charge in [-0.2, -0.15) is 0 Å². The number of hydrogen-bond donors (Lipinski definition) is 0. The van der Waals surface area contributed by atoms with Crippen LogP contribution in [0, 0.1) is 0 Å². The van der Waals surface area contributed by atoms with Crippen molar-refractivity contribution in [2.75, 3.05) is 0 Å². The predicted molar refractivity (Wildman–Crippen MR) is 109 cm³/mol. The number of benzene rings is 2. The fourth-order valence-electron chi connectivity index (χ4n) is 3.47. The number of hydrogen-bond acceptors (Lipinski definition) is 1. The van der Waals surface area contributed by atoms with E-state index in [9.17, 15) is 0 Å². The molecule has 128 valence electrons. The summed E-state index contributed by atoms with van der Waals surface area (Å²) in [6.07, 6.45) is 9.54. The van der Waals surface area contributed by atoms with Crippen molar-refractivity contribution in [2.24, 2.45) is 0 Å². The maximum atomic E-state index is 4.37. The van der Waals surface area contributed by atoms with E-state index < -0.39 is 9.52 Å². The Morgan fingerprint density at radius 3 is 2.12 bits per heavy atom. The first-order valence-corrected chi connectivity index (χ1v) is 10.7. The Morgan fingerprint density at radius 1 is 1.04 bits per heavy atom. The van der Waals surface area contributed by atoms with Crippen molar-refractivity contribution in [1.82, 2.24) is 9.55 Å². The van der Waals surface area contributed by atoms with Crippen LogP contribution in [0.2, 0.25) is 6.04 Å². The molecule has 0 aliphatic carbocycles.